The van der Waals surface area contributed by atoms with E-state index in [1.807, 2.05) is 12.1 Å². The molecule has 1 unspecified atom stereocenters. The van der Waals surface area contributed by atoms with Crippen LogP contribution in [0.25, 0.3) is 0 Å². The molecule has 0 fully saturated rings. The molecule has 26 heavy (non-hydrogen) atoms. The van der Waals surface area contributed by atoms with Gasteiger partial charge in [0.05, 0.1) is 0 Å². The molecule has 2 N–H and O–H groups in total. The summed E-state index contributed by atoms with van der Waals surface area (Å²) in [5.74, 6) is -1.42. The second-order valence-electron chi connectivity index (χ2n) is 6.17. The van der Waals surface area contributed by atoms with E-state index < -0.39 is 11.4 Å². The van der Waals surface area contributed by atoms with Gasteiger partial charge in [-0.1, -0.05) is 67.6 Å². The first-order valence-electron chi connectivity index (χ1n) is 8.63. The summed E-state index contributed by atoms with van der Waals surface area (Å²) in [5, 5.41) is 12.4. The molecule has 0 aliphatic carbocycles. The molecule has 0 aliphatic heterocycles. The van der Waals surface area contributed by atoms with Gasteiger partial charge in [-0.25, -0.2) is 0 Å². The van der Waals surface area contributed by atoms with E-state index in [-0.39, 0.29) is 31.1 Å². The van der Waals surface area contributed by atoms with Crippen molar-refractivity contribution in [1.29, 1.82) is 0 Å². The summed E-state index contributed by atoms with van der Waals surface area (Å²) in [6.45, 7) is 1.77. The number of rotatable bonds is 9. The van der Waals surface area contributed by atoms with Crippen LogP contribution in [0, 0.1) is 0 Å². The van der Waals surface area contributed by atoms with E-state index in [4.69, 9.17) is 0 Å². The lowest BCUT2D eigenvalue weighted by Gasteiger charge is -2.29. The molecule has 0 aromatic heterocycles. The molecule has 5 nitrogen and oxygen atoms in total. The van der Waals surface area contributed by atoms with Crippen LogP contribution in [0.2, 0.25) is 0 Å². The number of hydrogen-bond acceptors (Lipinski definition) is 3. The third kappa shape index (κ3) is 4.57. The molecule has 0 spiro atoms. The van der Waals surface area contributed by atoms with Crippen LogP contribution in [0.15, 0.2) is 60.7 Å². The Bertz CT molecular complexity index is 758. The predicted molar refractivity (Wildman–Crippen MR) is 99.1 cm³/mol. The Kier molecular flexibility index (Phi) is 6.67. The summed E-state index contributed by atoms with van der Waals surface area (Å²) in [5.41, 5.74) is 0.0362. The van der Waals surface area contributed by atoms with Crippen LogP contribution in [-0.4, -0.2) is 29.3 Å². The number of carboxylic acids is 1. The number of ketones is 1. The lowest BCUT2D eigenvalue weighted by molar-refractivity contribution is -0.144. The van der Waals surface area contributed by atoms with E-state index >= 15 is 0 Å². The molecule has 2 rings (SSSR count). The molecule has 0 radical (unpaired) electrons. The van der Waals surface area contributed by atoms with E-state index in [0.29, 0.717) is 17.5 Å². The predicted octanol–water partition coefficient (Wildman–Crippen LogP) is 3.20. The van der Waals surface area contributed by atoms with E-state index in [2.05, 4.69) is 5.32 Å². The van der Waals surface area contributed by atoms with Gasteiger partial charge in [-0.3, -0.25) is 14.4 Å². The zero-order valence-corrected chi connectivity index (χ0v) is 14.8. The molecule has 2 aromatic rings. The van der Waals surface area contributed by atoms with Crippen molar-refractivity contribution in [1.82, 2.24) is 5.32 Å². The van der Waals surface area contributed by atoms with E-state index in [0.717, 1.165) is 0 Å². The highest BCUT2D eigenvalue weighted by molar-refractivity contribution is 5.98. The molecular weight excluding hydrogens is 330 g/mol. The van der Waals surface area contributed by atoms with Crippen LogP contribution < -0.4 is 5.32 Å². The molecule has 0 saturated heterocycles. The van der Waals surface area contributed by atoms with Crippen LogP contribution in [0.4, 0.5) is 0 Å². The zero-order valence-electron chi connectivity index (χ0n) is 14.8. The molecule has 136 valence electrons. The fraction of sp³-hybridized carbons (Fsp3) is 0.286. The minimum absolute atomic E-state index is 0.0127. The number of nitrogens with one attached hydrogen (secondary N) is 1. The standard InChI is InChI=1S/C21H23NO4/c1-2-21(20(25)26,17-11-7-4-8-12-17)15-22-19(24)14-13-18(23)16-9-5-3-6-10-16/h3-12H,2,13-15H2,1H3,(H,22,24)(H,25,26). The average Bonchev–Trinajstić information content (AvgIpc) is 2.68. The van der Waals surface area contributed by atoms with Gasteiger partial charge in [0.1, 0.15) is 5.41 Å². The summed E-state index contributed by atoms with van der Waals surface area (Å²) in [4.78, 5) is 36.1. The molecule has 2 aromatic carbocycles. The first kappa shape index (κ1) is 19.4. The van der Waals surface area contributed by atoms with Gasteiger partial charge >= 0.3 is 5.97 Å². The number of amides is 1. The van der Waals surface area contributed by atoms with E-state index in [9.17, 15) is 19.5 Å². The van der Waals surface area contributed by atoms with Crippen molar-refractivity contribution >= 4 is 17.7 Å². The van der Waals surface area contributed by atoms with Gasteiger partial charge in [0, 0.05) is 24.9 Å². The Morgan fingerprint density at radius 2 is 1.50 bits per heavy atom. The summed E-state index contributed by atoms with van der Waals surface area (Å²) < 4.78 is 0. The zero-order chi connectivity index (χ0) is 19.0. The lowest BCUT2D eigenvalue weighted by atomic mass is 9.78. The first-order chi connectivity index (χ1) is 12.5. The van der Waals surface area contributed by atoms with Crippen molar-refractivity contribution in [3.63, 3.8) is 0 Å². The SMILES string of the molecule is CCC(CNC(=O)CCC(=O)c1ccccc1)(C(=O)O)c1ccccc1. The van der Waals surface area contributed by atoms with Crippen molar-refractivity contribution in [3.05, 3.63) is 71.8 Å². The summed E-state index contributed by atoms with van der Waals surface area (Å²) >= 11 is 0. The van der Waals surface area contributed by atoms with Crippen LogP contribution in [0.3, 0.4) is 0 Å². The average molecular weight is 353 g/mol. The van der Waals surface area contributed by atoms with Crippen molar-refractivity contribution in [3.8, 4) is 0 Å². The lowest BCUT2D eigenvalue weighted by Crippen LogP contribution is -2.46. The third-order valence-electron chi connectivity index (χ3n) is 4.60. The topological polar surface area (TPSA) is 83.5 Å². The van der Waals surface area contributed by atoms with Crippen LogP contribution in [0.1, 0.15) is 42.1 Å². The smallest absolute Gasteiger partial charge is 0.315 e. The monoisotopic (exact) mass is 353 g/mol. The number of hydrogen-bond donors (Lipinski definition) is 2. The molecule has 0 aliphatic rings. The Labute approximate surface area is 153 Å². The Hall–Kier alpha value is -2.95. The minimum Gasteiger partial charge on any atom is -0.481 e. The van der Waals surface area contributed by atoms with Crippen molar-refractivity contribution in [2.24, 2.45) is 0 Å². The second kappa shape index (κ2) is 8.94. The molecular formula is C21H23NO4. The highest BCUT2D eigenvalue weighted by atomic mass is 16.4. The molecule has 0 heterocycles. The number of benzene rings is 2. The quantitative estimate of drug-likeness (QED) is 0.678. The maximum Gasteiger partial charge on any atom is 0.315 e. The largest absolute Gasteiger partial charge is 0.481 e. The van der Waals surface area contributed by atoms with Gasteiger partial charge in [-0.2, -0.15) is 0 Å². The minimum atomic E-state index is -1.18. The fourth-order valence-corrected chi connectivity index (χ4v) is 2.87. The summed E-state index contributed by atoms with van der Waals surface area (Å²) in [6, 6.07) is 17.7. The van der Waals surface area contributed by atoms with Crippen molar-refractivity contribution in [2.75, 3.05) is 6.54 Å². The molecule has 0 bridgehead atoms. The third-order valence-corrected chi connectivity index (χ3v) is 4.60. The molecule has 0 saturated carbocycles. The first-order valence-corrected chi connectivity index (χ1v) is 8.63. The maximum atomic E-state index is 12.1. The van der Waals surface area contributed by atoms with E-state index in [1.165, 1.54) is 0 Å². The second-order valence-corrected chi connectivity index (χ2v) is 6.17. The Morgan fingerprint density at radius 3 is 2.04 bits per heavy atom. The summed E-state index contributed by atoms with van der Waals surface area (Å²) in [7, 11) is 0. The Morgan fingerprint density at radius 1 is 0.923 bits per heavy atom. The Balaban J connectivity index is 1.97. The van der Waals surface area contributed by atoms with Gasteiger partial charge in [-0.15, -0.1) is 0 Å². The highest BCUT2D eigenvalue weighted by Gasteiger charge is 2.38. The summed E-state index contributed by atoms with van der Waals surface area (Å²) in [6.07, 6.45) is 0.463. The molecule has 5 heteroatoms. The van der Waals surface area contributed by atoms with Crippen LogP contribution in [-0.2, 0) is 15.0 Å². The maximum absolute atomic E-state index is 12.1. The molecule has 1 amide bonds. The van der Waals surface area contributed by atoms with Crippen LogP contribution >= 0.6 is 0 Å². The molecule has 1 atom stereocenters. The van der Waals surface area contributed by atoms with Crippen LogP contribution in [0.5, 0.6) is 0 Å². The highest BCUT2D eigenvalue weighted by Crippen LogP contribution is 2.27. The van der Waals surface area contributed by atoms with Crippen molar-refractivity contribution < 1.29 is 19.5 Å². The van der Waals surface area contributed by atoms with Gasteiger partial charge in [0.15, 0.2) is 5.78 Å². The number of carbonyl (C=O) groups is 3. The van der Waals surface area contributed by atoms with Gasteiger partial charge in [0.25, 0.3) is 0 Å². The van der Waals surface area contributed by atoms with Gasteiger partial charge < -0.3 is 10.4 Å². The number of Topliss-reactive ketones (excluding diaryl/α,β-unsaturated/α-hetero) is 1. The van der Waals surface area contributed by atoms with Gasteiger partial charge in [0.2, 0.25) is 5.91 Å². The van der Waals surface area contributed by atoms with E-state index in [1.54, 1.807) is 55.5 Å². The number of aliphatic carboxylic acids is 1. The van der Waals surface area contributed by atoms with Crippen molar-refractivity contribution in [2.45, 2.75) is 31.6 Å². The number of carboxylic acid groups (broad SMARTS) is 1. The fourth-order valence-electron chi connectivity index (χ4n) is 2.87. The number of carbonyl (C=O) groups excluding carboxylic acids is 2. The van der Waals surface area contributed by atoms with Gasteiger partial charge in [-0.05, 0) is 12.0 Å². The normalized spacial score (nSPS) is 12.8.